The summed E-state index contributed by atoms with van der Waals surface area (Å²) in [5.74, 6) is 0. The number of nitrogens with zero attached hydrogens (tertiary/aromatic N) is 3. The fourth-order valence-electron chi connectivity index (χ4n) is 2.47. The van der Waals surface area contributed by atoms with Crippen LogP contribution in [0.25, 0.3) is 20.8 Å². The Hall–Kier alpha value is -2.11. The molecule has 0 radical (unpaired) electrons. The summed E-state index contributed by atoms with van der Waals surface area (Å²) in [5, 5.41) is 11.7. The second-order valence-electron chi connectivity index (χ2n) is 5.57. The first-order valence-electron chi connectivity index (χ1n) is 7.43. The Balaban J connectivity index is 1.61. The summed E-state index contributed by atoms with van der Waals surface area (Å²) in [5.41, 5.74) is 4.71. The van der Waals surface area contributed by atoms with E-state index in [0.717, 1.165) is 32.5 Å². The normalized spacial score (nSPS) is 11.2. The summed E-state index contributed by atoms with van der Waals surface area (Å²) in [6.45, 7) is 4.19. The molecule has 114 valence electrons. The first kappa shape index (κ1) is 14.5. The fraction of sp³-hybridized carbons (Fsp3) is 0.167. The van der Waals surface area contributed by atoms with Crippen LogP contribution in [0.1, 0.15) is 21.1 Å². The largest absolute Gasteiger partial charge is 0.240 e. The molecule has 2 aromatic carbocycles. The van der Waals surface area contributed by atoms with Crippen LogP contribution in [0.2, 0.25) is 0 Å². The SMILES string of the molecule is Cc1ccc(-c2nnc(Cc3nc4c(C)cccc4s3)s2)cc1. The standard InChI is InChI=1S/C18H15N3S2/c1-11-6-8-13(9-7-11)18-21-20-16(23-18)10-15-19-17-12(2)4-3-5-14(17)22-15/h3-9H,10H2,1-2H3. The topological polar surface area (TPSA) is 38.7 Å². The van der Waals surface area contributed by atoms with Crippen LogP contribution in [-0.2, 0) is 6.42 Å². The average molecular weight is 337 g/mol. The van der Waals surface area contributed by atoms with Crippen molar-refractivity contribution >= 4 is 32.9 Å². The van der Waals surface area contributed by atoms with Crippen molar-refractivity contribution in [2.24, 2.45) is 0 Å². The summed E-state index contributed by atoms with van der Waals surface area (Å²) in [4.78, 5) is 4.76. The Morgan fingerprint density at radius 1 is 0.870 bits per heavy atom. The maximum atomic E-state index is 4.76. The highest BCUT2D eigenvalue weighted by Gasteiger charge is 2.11. The molecule has 0 saturated heterocycles. The molecule has 0 atom stereocenters. The van der Waals surface area contributed by atoms with Gasteiger partial charge in [-0.25, -0.2) is 4.98 Å². The van der Waals surface area contributed by atoms with E-state index in [2.05, 4.69) is 66.5 Å². The number of para-hydroxylation sites is 1. The van der Waals surface area contributed by atoms with Gasteiger partial charge in [0, 0.05) is 5.56 Å². The number of hydrogen-bond donors (Lipinski definition) is 0. The lowest BCUT2D eigenvalue weighted by atomic mass is 10.2. The average Bonchev–Trinajstić information content (AvgIpc) is 3.16. The summed E-state index contributed by atoms with van der Waals surface area (Å²) in [7, 11) is 0. The first-order valence-corrected chi connectivity index (χ1v) is 9.07. The molecule has 4 rings (SSSR count). The van der Waals surface area contributed by atoms with Gasteiger partial charge in [0.05, 0.1) is 16.6 Å². The second-order valence-corrected chi connectivity index (χ2v) is 7.75. The van der Waals surface area contributed by atoms with E-state index < -0.39 is 0 Å². The van der Waals surface area contributed by atoms with Gasteiger partial charge in [0.1, 0.15) is 15.0 Å². The molecule has 0 spiro atoms. The van der Waals surface area contributed by atoms with Gasteiger partial charge >= 0.3 is 0 Å². The van der Waals surface area contributed by atoms with E-state index in [-0.39, 0.29) is 0 Å². The molecule has 0 N–H and O–H groups in total. The van der Waals surface area contributed by atoms with Gasteiger partial charge in [-0.15, -0.1) is 21.5 Å². The molecule has 0 aliphatic heterocycles. The van der Waals surface area contributed by atoms with Crippen LogP contribution in [0.15, 0.2) is 42.5 Å². The monoisotopic (exact) mass is 337 g/mol. The molecule has 0 bridgehead atoms. The lowest BCUT2D eigenvalue weighted by molar-refractivity contribution is 1.000. The molecule has 0 unspecified atom stereocenters. The Morgan fingerprint density at radius 2 is 1.70 bits per heavy atom. The highest BCUT2D eigenvalue weighted by molar-refractivity contribution is 7.19. The highest BCUT2D eigenvalue weighted by Crippen LogP contribution is 2.29. The molecule has 0 fully saturated rings. The fourth-order valence-corrected chi connectivity index (χ4v) is 4.47. The van der Waals surface area contributed by atoms with Crippen molar-refractivity contribution in [2.75, 3.05) is 0 Å². The smallest absolute Gasteiger partial charge is 0.147 e. The minimum Gasteiger partial charge on any atom is -0.240 e. The van der Waals surface area contributed by atoms with Gasteiger partial charge in [-0.1, -0.05) is 53.3 Å². The maximum absolute atomic E-state index is 4.76. The zero-order chi connectivity index (χ0) is 15.8. The second kappa shape index (κ2) is 5.83. The van der Waals surface area contributed by atoms with Crippen molar-refractivity contribution in [1.82, 2.24) is 15.2 Å². The van der Waals surface area contributed by atoms with E-state index in [1.165, 1.54) is 15.8 Å². The number of benzene rings is 2. The highest BCUT2D eigenvalue weighted by atomic mass is 32.1. The van der Waals surface area contributed by atoms with Crippen molar-refractivity contribution in [1.29, 1.82) is 0 Å². The third-order valence-corrected chi connectivity index (χ3v) is 5.73. The summed E-state index contributed by atoms with van der Waals surface area (Å²) >= 11 is 3.39. The van der Waals surface area contributed by atoms with Gasteiger partial charge in [0.25, 0.3) is 0 Å². The molecule has 0 aliphatic carbocycles. The van der Waals surface area contributed by atoms with E-state index in [1.807, 2.05) is 0 Å². The number of fused-ring (bicyclic) bond motifs is 1. The molecule has 5 heteroatoms. The lowest BCUT2D eigenvalue weighted by Gasteiger charge is -1.95. The molecular formula is C18H15N3S2. The zero-order valence-corrected chi connectivity index (χ0v) is 14.5. The number of aryl methyl sites for hydroxylation is 2. The van der Waals surface area contributed by atoms with E-state index in [9.17, 15) is 0 Å². The minimum atomic E-state index is 0.752. The van der Waals surface area contributed by atoms with E-state index in [4.69, 9.17) is 4.98 Å². The molecule has 23 heavy (non-hydrogen) atoms. The minimum absolute atomic E-state index is 0.752. The van der Waals surface area contributed by atoms with Crippen LogP contribution in [0.4, 0.5) is 0 Å². The van der Waals surface area contributed by atoms with Gasteiger partial charge in [-0.05, 0) is 25.5 Å². The predicted octanol–water partition coefficient (Wildman–Crippen LogP) is 5.02. The van der Waals surface area contributed by atoms with E-state index in [0.29, 0.717) is 0 Å². The molecule has 2 aromatic heterocycles. The number of aromatic nitrogens is 3. The Bertz CT molecular complexity index is 968. The first-order chi connectivity index (χ1) is 11.2. The zero-order valence-electron chi connectivity index (χ0n) is 12.9. The molecule has 0 aliphatic rings. The Labute approximate surface area is 142 Å². The molecule has 3 nitrogen and oxygen atoms in total. The van der Waals surface area contributed by atoms with Crippen LogP contribution < -0.4 is 0 Å². The third-order valence-electron chi connectivity index (χ3n) is 3.73. The van der Waals surface area contributed by atoms with E-state index >= 15 is 0 Å². The maximum Gasteiger partial charge on any atom is 0.147 e. The van der Waals surface area contributed by atoms with Crippen LogP contribution in [0.3, 0.4) is 0 Å². The molecule has 2 heterocycles. The van der Waals surface area contributed by atoms with Crippen molar-refractivity contribution in [2.45, 2.75) is 20.3 Å². The molecule has 4 aromatic rings. The van der Waals surface area contributed by atoms with Gasteiger partial charge in [0.15, 0.2) is 0 Å². The van der Waals surface area contributed by atoms with Gasteiger partial charge < -0.3 is 0 Å². The summed E-state index contributed by atoms with van der Waals surface area (Å²) in [6.07, 6.45) is 0.752. The van der Waals surface area contributed by atoms with Gasteiger partial charge in [-0.2, -0.15) is 0 Å². The number of rotatable bonds is 3. The van der Waals surface area contributed by atoms with Crippen molar-refractivity contribution in [3.8, 4) is 10.6 Å². The predicted molar refractivity (Wildman–Crippen MR) is 97.2 cm³/mol. The van der Waals surface area contributed by atoms with Gasteiger partial charge in [-0.3, -0.25) is 0 Å². The van der Waals surface area contributed by atoms with E-state index in [1.54, 1.807) is 22.7 Å². The Kier molecular flexibility index (Phi) is 3.67. The Morgan fingerprint density at radius 3 is 2.48 bits per heavy atom. The van der Waals surface area contributed by atoms with Crippen LogP contribution in [-0.4, -0.2) is 15.2 Å². The lowest BCUT2D eigenvalue weighted by Crippen LogP contribution is -1.86. The van der Waals surface area contributed by atoms with Crippen molar-refractivity contribution in [3.05, 3.63) is 63.6 Å². The molecular weight excluding hydrogens is 322 g/mol. The van der Waals surface area contributed by atoms with Crippen LogP contribution in [0.5, 0.6) is 0 Å². The summed E-state index contributed by atoms with van der Waals surface area (Å²) in [6, 6.07) is 14.7. The van der Waals surface area contributed by atoms with Crippen molar-refractivity contribution < 1.29 is 0 Å². The van der Waals surface area contributed by atoms with Crippen LogP contribution >= 0.6 is 22.7 Å². The van der Waals surface area contributed by atoms with Crippen molar-refractivity contribution in [3.63, 3.8) is 0 Å². The quantitative estimate of drug-likeness (QED) is 0.527. The van der Waals surface area contributed by atoms with Gasteiger partial charge in [0.2, 0.25) is 0 Å². The third kappa shape index (κ3) is 2.90. The summed E-state index contributed by atoms with van der Waals surface area (Å²) < 4.78 is 1.24. The van der Waals surface area contributed by atoms with Crippen LogP contribution in [0, 0.1) is 13.8 Å². The number of hydrogen-bond acceptors (Lipinski definition) is 5. The molecule has 0 amide bonds. The number of thiazole rings is 1. The molecule has 0 saturated carbocycles.